The Bertz CT molecular complexity index is 1240. The molecule has 0 saturated heterocycles. The summed E-state index contributed by atoms with van der Waals surface area (Å²) < 4.78 is 19.5. The van der Waals surface area contributed by atoms with Gasteiger partial charge in [0.15, 0.2) is 5.69 Å². The molecule has 0 spiro atoms. The van der Waals surface area contributed by atoms with Crippen LogP contribution in [0.5, 0.6) is 0 Å². The highest BCUT2D eigenvalue weighted by Crippen LogP contribution is 2.26. The molecule has 0 aliphatic carbocycles. The molecule has 30 heavy (non-hydrogen) atoms. The smallest absolute Gasteiger partial charge is 0.294 e. The quantitative estimate of drug-likeness (QED) is 0.337. The summed E-state index contributed by atoms with van der Waals surface area (Å²) in [5, 5.41) is 19.1. The molecule has 0 saturated carbocycles. The molecule has 2 aromatic carbocycles. The van der Waals surface area contributed by atoms with E-state index >= 15 is 0 Å². The fourth-order valence-electron chi connectivity index (χ4n) is 2.59. The summed E-state index contributed by atoms with van der Waals surface area (Å²) >= 11 is 3.09. The maximum Gasteiger partial charge on any atom is 0.294 e. The van der Waals surface area contributed by atoms with E-state index in [1.807, 2.05) is 6.07 Å². The van der Waals surface area contributed by atoms with Crippen molar-refractivity contribution in [3.05, 3.63) is 70.1 Å². The number of carbonyl (C=O) groups excluding carboxylic acids is 1. The maximum absolute atomic E-state index is 13.3. The Hall–Kier alpha value is -3.93. The second-order valence-electron chi connectivity index (χ2n) is 5.91. The third-order valence-corrected chi connectivity index (χ3v) is 4.56. The molecule has 0 aliphatic heterocycles. The van der Waals surface area contributed by atoms with Gasteiger partial charge in [0.1, 0.15) is 11.5 Å². The van der Waals surface area contributed by atoms with Gasteiger partial charge in [-0.05, 0) is 43.9 Å². The van der Waals surface area contributed by atoms with Crippen molar-refractivity contribution in [1.82, 2.24) is 30.7 Å². The Balaban J connectivity index is 1.66. The molecule has 12 heteroatoms. The lowest BCUT2D eigenvalue weighted by molar-refractivity contribution is 0.0950. The first-order valence-electron chi connectivity index (χ1n) is 8.42. The monoisotopic (exact) mass is 470 g/mol. The summed E-state index contributed by atoms with van der Waals surface area (Å²) in [6.45, 7) is 0. The number of benzene rings is 2. The van der Waals surface area contributed by atoms with Gasteiger partial charge in [0.05, 0.1) is 10.7 Å². The van der Waals surface area contributed by atoms with E-state index in [4.69, 9.17) is 5.73 Å². The summed E-state index contributed by atoms with van der Waals surface area (Å²) in [7, 11) is 0. The van der Waals surface area contributed by atoms with Crippen LogP contribution in [0.2, 0.25) is 0 Å². The highest BCUT2D eigenvalue weighted by molar-refractivity contribution is 9.10. The fraction of sp³-hybridized carbons (Fsp3) is 0. The van der Waals surface area contributed by atoms with Crippen molar-refractivity contribution in [1.29, 1.82) is 0 Å². The standard InChI is InChI=1S/C18H12BrFN8O2/c19-12-8-10(6-7-13(12)20)9-22-24-18(29)14-15(11-4-2-1-3-5-11)28(27-23-14)17-16(21)25-30-26-17/h1-9H,(H2,21,25)(H,24,29)/b22-9-. The van der Waals surface area contributed by atoms with Crippen LogP contribution in [0.3, 0.4) is 0 Å². The van der Waals surface area contributed by atoms with Gasteiger partial charge in [-0.3, -0.25) is 4.79 Å². The molecular formula is C18H12BrFN8O2. The summed E-state index contributed by atoms with van der Waals surface area (Å²) in [5.74, 6) is -0.932. The lowest BCUT2D eigenvalue weighted by atomic mass is 10.1. The number of hydrogen-bond donors (Lipinski definition) is 2. The highest BCUT2D eigenvalue weighted by atomic mass is 79.9. The van der Waals surface area contributed by atoms with Crippen LogP contribution in [0.15, 0.2) is 62.7 Å². The first-order chi connectivity index (χ1) is 14.5. The van der Waals surface area contributed by atoms with E-state index in [1.165, 1.54) is 29.1 Å². The Morgan fingerprint density at radius 3 is 2.73 bits per heavy atom. The molecule has 0 unspecified atom stereocenters. The average molecular weight is 471 g/mol. The van der Waals surface area contributed by atoms with Crippen molar-refractivity contribution in [2.24, 2.45) is 5.10 Å². The molecule has 0 aliphatic rings. The van der Waals surface area contributed by atoms with Crippen LogP contribution in [0.1, 0.15) is 16.1 Å². The molecule has 0 fully saturated rings. The fourth-order valence-corrected chi connectivity index (χ4v) is 2.98. The number of hydrogen-bond acceptors (Lipinski definition) is 8. The first kappa shape index (κ1) is 19.4. The van der Waals surface area contributed by atoms with Gasteiger partial charge in [0.2, 0.25) is 11.6 Å². The van der Waals surface area contributed by atoms with Crippen LogP contribution in [0.4, 0.5) is 10.2 Å². The number of carbonyl (C=O) groups is 1. The van der Waals surface area contributed by atoms with Gasteiger partial charge in [-0.1, -0.05) is 41.6 Å². The van der Waals surface area contributed by atoms with Crippen molar-refractivity contribution in [2.45, 2.75) is 0 Å². The van der Waals surface area contributed by atoms with E-state index in [2.05, 4.69) is 51.7 Å². The van der Waals surface area contributed by atoms with Gasteiger partial charge in [-0.2, -0.15) is 9.78 Å². The minimum Gasteiger partial charge on any atom is -0.378 e. The molecule has 0 bridgehead atoms. The van der Waals surface area contributed by atoms with Gasteiger partial charge in [-0.25, -0.2) is 14.4 Å². The Morgan fingerprint density at radius 2 is 2.03 bits per heavy atom. The van der Waals surface area contributed by atoms with Crippen molar-refractivity contribution >= 4 is 33.9 Å². The number of halogens is 2. The van der Waals surface area contributed by atoms with E-state index in [0.717, 1.165) is 0 Å². The van der Waals surface area contributed by atoms with Crippen LogP contribution in [-0.4, -0.2) is 37.4 Å². The molecule has 10 nitrogen and oxygen atoms in total. The number of aromatic nitrogens is 5. The molecule has 150 valence electrons. The minimum atomic E-state index is -0.618. The number of rotatable bonds is 5. The molecule has 1 amide bonds. The van der Waals surface area contributed by atoms with Gasteiger partial charge in [0.25, 0.3) is 5.91 Å². The van der Waals surface area contributed by atoms with Crippen molar-refractivity contribution < 1.29 is 13.8 Å². The zero-order valence-electron chi connectivity index (χ0n) is 15.0. The van der Waals surface area contributed by atoms with Crippen LogP contribution in [0.25, 0.3) is 17.1 Å². The summed E-state index contributed by atoms with van der Waals surface area (Å²) in [5.41, 5.74) is 9.68. The lowest BCUT2D eigenvalue weighted by Crippen LogP contribution is -2.19. The van der Waals surface area contributed by atoms with E-state index in [1.54, 1.807) is 24.3 Å². The predicted molar refractivity (Wildman–Crippen MR) is 108 cm³/mol. The average Bonchev–Trinajstić information content (AvgIpc) is 3.37. The number of nitrogens with zero attached hydrogens (tertiary/aromatic N) is 6. The molecular weight excluding hydrogens is 459 g/mol. The number of anilines is 1. The van der Waals surface area contributed by atoms with Crippen molar-refractivity contribution in [3.8, 4) is 17.1 Å². The van der Waals surface area contributed by atoms with Gasteiger partial charge in [-0.15, -0.1) is 5.10 Å². The highest BCUT2D eigenvalue weighted by Gasteiger charge is 2.24. The van der Waals surface area contributed by atoms with E-state index in [0.29, 0.717) is 16.8 Å². The minimum absolute atomic E-state index is 0.0102. The van der Waals surface area contributed by atoms with Gasteiger partial charge < -0.3 is 5.73 Å². The molecule has 4 aromatic rings. The van der Waals surface area contributed by atoms with Crippen LogP contribution < -0.4 is 11.2 Å². The van der Waals surface area contributed by atoms with E-state index in [-0.39, 0.29) is 21.8 Å². The lowest BCUT2D eigenvalue weighted by Gasteiger charge is -2.05. The van der Waals surface area contributed by atoms with E-state index < -0.39 is 11.7 Å². The Labute approximate surface area is 176 Å². The molecule has 2 aromatic heterocycles. The maximum atomic E-state index is 13.3. The molecule has 0 atom stereocenters. The van der Waals surface area contributed by atoms with Gasteiger partial charge >= 0.3 is 0 Å². The second-order valence-corrected chi connectivity index (χ2v) is 6.76. The normalized spacial score (nSPS) is 11.1. The SMILES string of the molecule is Nc1nonc1-n1nnc(C(=O)N/N=C\c2ccc(F)c(Br)c2)c1-c1ccccc1. The zero-order valence-corrected chi connectivity index (χ0v) is 16.6. The van der Waals surface area contributed by atoms with Crippen LogP contribution in [-0.2, 0) is 0 Å². The molecule has 2 heterocycles. The van der Waals surface area contributed by atoms with Crippen molar-refractivity contribution in [3.63, 3.8) is 0 Å². The zero-order chi connectivity index (χ0) is 21.1. The largest absolute Gasteiger partial charge is 0.378 e. The third-order valence-electron chi connectivity index (χ3n) is 3.95. The Morgan fingerprint density at radius 1 is 1.23 bits per heavy atom. The summed E-state index contributed by atoms with van der Waals surface area (Å²) in [6.07, 6.45) is 1.37. The number of nitrogens with two attached hydrogens (primary N) is 1. The third kappa shape index (κ3) is 3.80. The second kappa shape index (κ2) is 8.21. The summed E-state index contributed by atoms with van der Waals surface area (Å²) in [6, 6.07) is 13.3. The molecule has 3 N–H and O–H groups in total. The van der Waals surface area contributed by atoms with Gasteiger partial charge in [0, 0.05) is 5.56 Å². The number of amides is 1. The predicted octanol–water partition coefficient (Wildman–Crippen LogP) is 2.57. The van der Waals surface area contributed by atoms with E-state index in [9.17, 15) is 9.18 Å². The first-order valence-corrected chi connectivity index (χ1v) is 9.22. The number of hydrazone groups is 1. The number of nitrogens with one attached hydrogen (secondary N) is 1. The number of nitrogen functional groups attached to an aromatic ring is 1. The van der Waals surface area contributed by atoms with Crippen LogP contribution >= 0.6 is 15.9 Å². The topological polar surface area (TPSA) is 137 Å². The molecule has 0 radical (unpaired) electrons. The van der Waals surface area contributed by atoms with Crippen molar-refractivity contribution in [2.75, 3.05) is 5.73 Å². The summed E-state index contributed by atoms with van der Waals surface area (Å²) in [4.78, 5) is 12.7. The molecule has 4 rings (SSSR count). The Kier molecular flexibility index (Phi) is 5.30. The van der Waals surface area contributed by atoms with Crippen LogP contribution in [0, 0.1) is 5.82 Å².